The third-order valence-electron chi connectivity index (χ3n) is 6.24. The molecular weight excluding hydrogens is 480 g/mol. The molecule has 1 aromatic heterocycles. The molecular formula is C27H23F2N5O3. The summed E-state index contributed by atoms with van der Waals surface area (Å²) < 4.78 is 33.5. The number of halogens is 2. The molecule has 1 atom stereocenters. The van der Waals surface area contributed by atoms with Crippen molar-refractivity contribution in [2.24, 2.45) is 5.73 Å². The van der Waals surface area contributed by atoms with E-state index in [0.717, 1.165) is 23.3 Å². The molecule has 1 amide bonds. The highest BCUT2D eigenvalue weighted by molar-refractivity contribution is 6.06. The van der Waals surface area contributed by atoms with Crippen LogP contribution in [0.2, 0.25) is 0 Å². The van der Waals surface area contributed by atoms with Crippen LogP contribution in [0, 0.1) is 11.6 Å². The number of esters is 1. The molecule has 3 aromatic carbocycles. The van der Waals surface area contributed by atoms with E-state index in [9.17, 15) is 18.4 Å². The summed E-state index contributed by atoms with van der Waals surface area (Å²) in [7, 11) is 0. The van der Waals surface area contributed by atoms with Crippen LogP contribution in [0.3, 0.4) is 0 Å². The Morgan fingerprint density at radius 1 is 1.03 bits per heavy atom. The van der Waals surface area contributed by atoms with Gasteiger partial charge in [-0.25, -0.2) is 18.7 Å². The summed E-state index contributed by atoms with van der Waals surface area (Å²) in [6, 6.07) is 13.8. The van der Waals surface area contributed by atoms with Crippen molar-refractivity contribution in [1.29, 1.82) is 0 Å². The average Bonchev–Trinajstić information content (AvgIpc) is 3.32. The van der Waals surface area contributed by atoms with E-state index in [-0.39, 0.29) is 35.3 Å². The van der Waals surface area contributed by atoms with Gasteiger partial charge in [-0.2, -0.15) is 0 Å². The molecule has 4 N–H and O–H groups in total. The normalized spacial score (nSPS) is 13.5. The smallest absolute Gasteiger partial charge is 0.322 e. The molecule has 0 spiro atoms. The highest BCUT2D eigenvalue weighted by atomic mass is 19.2. The molecule has 4 aromatic rings. The summed E-state index contributed by atoms with van der Waals surface area (Å²) in [5, 5.41) is 0.399. The highest BCUT2D eigenvalue weighted by Crippen LogP contribution is 2.32. The van der Waals surface area contributed by atoms with Gasteiger partial charge in [-0.05, 0) is 53.4 Å². The van der Waals surface area contributed by atoms with E-state index < -0.39 is 23.6 Å². The zero-order valence-corrected chi connectivity index (χ0v) is 19.9. The molecule has 8 nitrogen and oxygen atoms in total. The van der Waals surface area contributed by atoms with Gasteiger partial charge in [0.2, 0.25) is 5.95 Å². The highest BCUT2D eigenvalue weighted by Gasteiger charge is 2.27. The lowest BCUT2D eigenvalue weighted by molar-refractivity contribution is -0.146. The molecule has 0 bridgehead atoms. The number of fused-ring (bicyclic) bond motifs is 2. The Hall–Kier alpha value is -4.44. The fourth-order valence-electron chi connectivity index (χ4n) is 4.36. The number of benzene rings is 3. The van der Waals surface area contributed by atoms with Gasteiger partial charge >= 0.3 is 5.97 Å². The van der Waals surface area contributed by atoms with Gasteiger partial charge in [-0.1, -0.05) is 30.3 Å². The molecule has 0 saturated heterocycles. The van der Waals surface area contributed by atoms with Gasteiger partial charge in [-0.15, -0.1) is 0 Å². The molecule has 0 fully saturated rings. The second-order valence-electron chi connectivity index (χ2n) is 8.91. The maximum absolute atomic E-state index is 14.3. The number of nitrogens with two attached hydrogens (primary N) is 2. The zero-order valence-electron chi connectivity index (χ0n) is 19.9. The maximum atomic E-state index is 14.3. The van der Waals surface area contributed by atoms with Crippen LogP contribution < -0.4 is 11.5 Å². The van der Waals surface area contributed by atoms with Crippen LogP contribution in [0.15, 0.2) is 54.6 Å². The fourth-order valence-corrected chi connectivity index (χ4v) is 4.36. The zero-order chi connectivity index (χ0) is 26.3. The molecule has 0 aliphatic carbocycles. The summed E-state index contributed by atoms with van der Waals surface area (Å²) in [6.45, 7) is 2.00. The van der Waals surface area contributed by atoms with Crippen molar-refractivity contribution in [3.63, 3.8) is 0 Å². The molecule has 0 saturated carbocycles. The van der Waals surface area contributed by atoms with E-state index in [0.29, 0.717) is 29.6 Å². The molecule has 5 rings (SSSR count). The summed E-state index contributed by atoms with van der Waals surface area (Å²) in [5.74, 6) is -3.23. The van der Waals surface area contributed by atoms with E-state index in [1.807, 2.05) is 24.3 Å². The largest absolute Gasteiger partial charge is 0.460 e. The summed E-state index contributed by atoms with van der Waals surface area (Å²) in [6.07, 6.45) is 0. The number of carbonyl (C=O) groups is 2. The fraction of sp³-hybridized carbons (Fsp3) is 0.185. The van der Waals surface area contributed by atoms with Crippen molar-refractivity contribution >= 4 is 28.7 Å². The van der Waals surface area contributed by atoms with Gasteiger partial charge in [0, 0.05) is 24.0 Å². The first-order chi connectivity index (χ1) is 17.7. The Morgan fingerprint density at radius 3 is 2.38 bits per heavy atom. The Balaban J connectivity index is 1.56. The van der Waals surface area contributed by atoms with Crippen molar-refractivity contribution in [2.45, 2.75) is 32.7 Å². The predicted octanol–water partition coefficient (Wildman–Crippen LogP) is 3.70. The molecule has 1 unspecified atom stereocenters. The first-order valence-corrected chi connectivity index (χ1v) is 11.5. The van der Waals surface area contributed by atoms with Crippen LogP contribution >= 0.6 is 0 Å². The minimum atomic E-state index is -1.09. The van der Waals surface area contributed by atoms with E-state index in [1.54, 1.807) is 23.1 Å². The molecule has 188 valence electrons. The molecule has 10 heteroatoms. The second kappa shape index (κ2) is 9.55. The lowest BCUT2D eigenvalue weighted by atomic mass is 9.97. The minimum absolute atomic E-state index is 0.0587. The molecule has 37 heavy (non-hydrogen) atoms. The van der Waals surface area contributed by atoms with Crippen LogP contribution in [0.5, 0.6) is 0 Å². The topological polar surface area (TPSA) is 124 Å². The van der Waals surface area contributed by atoms with Crippen molar-refractivity contribution in [3.05, 3.63) is 88.6 Å². The number of aromatic nitrogens is 2. The monoisotopic (exact) mass is 503 g/mol. The number of rotatable bonds is 5. The summed E-state index contributed by atoms with van der Waals surface area (Å²) >= 11 is 0. The number of carbonyl (C=O) groups excluding carboxylic acids is 2. The quantitative estimate of drug-likeness (QED) is 0.398. The van der Waals surface area contributed by atoms with Gasteiger partial charge in [0.1, 0.15) is 18.3 Å². The van der Waals surface area contributed by atoms with Crippen molar-refractivity contribution < 1.29 is 23.1 Å². The SMILES string of the molecule is CC(N)C(=O)OCc1cc(F)c(F)cc1-c1ccc2nc(N)nc(C(=O)N3Cc4ccccc4C3)c2c1. The number of amides is 1. The Kier molecular flexibility index (Phi) is 6.26. The number of nitrogen functional groups attached to an aromatic ring is 1. The maximum Gasteiger partial charge on any atom is 0.322 e. The molecule has 2 heterocycles. The van der Waals surface area contributed by atoms with Gasteiger partial charge in [0.05, 0.1) is 5.52 Å². The first-order valence-electron chi connectivity index (χ1n) is 11.5. The van der Waals surface area contributed by atoms with Crippen LogP contribution in [0.1, 0.15) is 34.1 Å². The number of ether oxygens (including phenoxy) is 1. The number of hydrogen-bond donors (Lipinski definition) is 2. The van der Waals surface area contributed by atoms with Crippen molar-refractivity contribution in [1.82, 2.24) is 14.9 Å². The van der Waals surface area contributed by atoms with E-state index in [4.69, 9.17) is 16.2 Å². The average molecular weight is 504 g/mol. The first kappa shape index (κ1) is 24.3. The third kappa shape index (κ3) is 4.70. The summed E-state index contributed by atoms with van der Waals surface area (Å²) in [4.78, 5) is 35.5. The lowest BCUT2D eigenvalue weighted by Gasteiger charge is -2.17. The Morgan fingerprint density at radius 2 is 1.70 bits per heavy atom. The van der Waals surface area contributed by atoms with E-state index in [1.165, 1.54) is 6.92 Å². The summed E-state index contributed by atoms with van der Waals surface area (Å²) in [5.41, 5.74) is 15.0. The van der Waals surface area contributed by atoms with E-state index >= 15 is 0 Å². The third-order valence-corrected chi connectivity index (χ3v) is 6.24. The molecule has 1 aliphatic rings. The van der Waals surface area contributed by atoms with Crippen LogP contribution in [0.25, 0.3) is 22.0 Å². The van der Waals surface area contributed by atoms with Crippen LogP contribution in [0.4, 0.5) is 14.7 Å². The van der Waals surface area contributed by atoms with Crippen LogP contribution in [-0.2, 0) is 29.2 Å². The van der Waals surface area contributed by atoms with Gasteiger partial charge in [0.15, 0.2) is 11.6 Å². The van der Waals surface area contributed by atoms with Crippen molar-refractivity contribution in [3.8, 4) is 11.1 Å². The van der Waals surface area contributed by atoms with Crippen LogP contribution in [-0.4, -0.2) is 32.8 Å². The van der Waals surface area contributed by atoms with Gasteiger partial charge in [-0.3, -0.25) is 9.59 Å². The predicted molar refractivity (Wildman–Crippen MR) is 133 cm³/mol. The number of hydrogen-bond acceptors (Lipinski definition) is 7. The number of nitrogens with zero attached hydrogens (tertiary/aromatic N) is 3. The molecule has 0 radical (unpaired) electrons. The standard InChI is InChI=1S/C27H23F2N5O3/c1-14(30)26(36)37-13-18-9-21(28)22(29)10-19(18)15-6-7-23-20(8-15)24(33-27(31)32-23)25(35)34-11-16-4-2-3-5-17(16)12-34/h2-10,14H,11-13,30H2,1H3,(H2,31,32,33). The second-order valence-corrected chi connectivity index (χ2v) is 8.91. The van der Waals surface area contributed by atoms with Gasteiger partial charge in [0.25, 0.3) is 5.91 Å². The van der Waals surface area contributed by atoms with E-state index in [2.05, 4.69) is 9.97 Å². The van der Waals surface area contributed by atoms with Gasteiger partial charge < -0.3 is 21.1 Å². The Bertz CT molecular complexity index is 1530. The molecule has 1 aliphatic heterocycles. The number of anilines is 1. The minimum Gasteiger partial charge on any atom is -0.460 e. The van der Waals surface area contributed by atoms with Crippen molar-refractivity contribution in [2.75, 3.05) is 5.73 Å². The lowest BCUT2D eigenvalue weighted by Crippen LogP contribution is -2.28. The Labute approximate surface area is 210 Å².